The van der Waals surface area contributed by atoms with Gasteiger partial charge in [0.1, 0.15) is 5.70 Å². The van der Waals surface area contributed by atoms with Gasteiger partial charge in [0.25, 0.3) is 22.8 Å². The van der Waals surface area contributed by atoms with E-state index < -0.39 is 21.3 Å². The van der Waals surface area contributed by atoms with Crippen LogP contribution in [0, 0.1) is 20.2 Å². The molecule has 42 heavy (non-hydrogen) atoms. The normalized spacial score (nSPS) is 13.9. The van der Waals surface area contributed by atoms with Gasteiger partial charge in [-0.25, -0.2) is 9.98 Å². The van der Waals surface area contributed by atoms with Gasteiger partial charge in [0.2, 0.25) is 0 Å². The maximum Gasteiger partial charge on any atom is 0.297 e. The van der Waals surface area contributed by atoms with Gasteiger partial charge in [-0.3, -0.25) is 29.8 Å². The van der Waals surface area contributed by atoms with Crippen LogP contribution in [0.15, 0.2) is 119 Å². The molecule has 4 aromatic carbocycles. The fraction of sp³-hybridized carbons (Fsp3) is 0. The Kier molecular flexibility index (Phi) is 6.40. The van der Waals surface area contributed by atoms with E-state index in [9.17, 15) is 29.8 Å². The number of benzene rings is 4. The molecule has 1 aliphatic heterocycles. The lowest BCUT2D eigenvalue weighted by atomic mass is 10.1. The molecule has 0 radical (unpaired) electrons. The number of hydrogen-bond acceptors (Lipinski definition) is 8. The van der Waals surface area contributed by atoms with E-state index in [2.05, 4.69) is 9.98 Å². The van der Waals surface area contributed by atoms with Crippen molar-refractivity contribution in [3.8, 4) is 11.4 Å². The van der Waals surface area contributed by atoms with E-state index in [-0.39, 0.29) is 39.7 Å². The monoisotopic (exact) mass is 558 g/mol. The van der Waals surface area contributed by atoms with Crippen LogP contribution in [0.3, 0.4) is 0 Å². The predicted molar refractivity (Wildman–Crippen MR) is 155 cm³/mol. The summed E-state index contributed by atoms with van der Waals surface area (Å²) in [5.74, 6) is -0.688. The van der Waals surface area contributed by atoms with Crippen LogP contribution in [0.25, 0.3) is 28.4 Å². The first-order valence-corrected chi connectivity index (χ1v) is 12.5. The Morgan fingerprint density at radius 2 is 1.40 bits per heavy atom. The van der Waals surface area contributed by atoms with Crippen LogP contribution in [-0.4, -0.2) is 31.2 Å². The smallest absolute Gasteiger partial charge is 0.267 e. The summed E-state index contributed by atoms with van der Waals surface area (Å²) in [4.78, 5) is 59.1. The van der Waals surface area contributed by atoms with Gasteiger partial charge in [-0.05, 0) is 35.9 Å². The van der Waals surface area contributed by atoms with E-state index in [1.54, 1.807) is 60.7 Å². The minimum atomic E-state index is -0.668. The second kappa shape index (κ2) is 10.4. The number of nitro benzene ring substituents is 2. The molecular formula is C30H18N6O6. The van der Waals surface area contributed by atoms with Crippen molar-refractivity contribution in [2.45, 2.75) is 0 Å². The van der Waals surface area contributed by atoms with Gasteiger partial charge in [0.15, 0.2) is 11.7 Å². The van der Waals surface area contributed by atoms with Crippen LogP contribution >= 0.6 is 0 Å². The van der Waals surface area contributed by atoms with Crippen LogP contribution in [-0.2, 0) is 4.79 Å². The lowest BCUT2D eigenvalue weighted by molar-refractivity contribution is -0.385. The molecule has 1 amide bonds. The molecular weight excluding hydrogens is 540 g/mol. The first kappa shape index (κ1) is 26.0. The average molecular weight is 559 g/mol. The highest BCUT2D eigenvalue weighted by Crippen LogP contribution is 2.28. The zero-order chi connectivity index (χ0) is 29.4. The van der Waals surface area contributed by atoms with Gasteiger partial charge in [-0.2, -0.15) is 9.69 Å². The Morgan fingerprint density at radius 1 is 0.714 bits per heavy atom. The number of para-hydroxylation sites is 1. The molecule has 2 heterocycles. The van der Waals surface area contributed by atoms with Crippen LogP contribution in [0.4, 0.5) is 11.4 Å². The minimum Gasteiger partial charge on any atom is -0.267 e. The molecule has 0 aliphatic carbocycles. The first-order valence-electron chi connectivity index (χ1n) is 12.5. The van der Waals surface area contributed by atoms with Gasteiger partial charge < -0.3 is 0 Å². The molecule has 0 atom stereocenters. The molecule has 0 N–H and O–H groups in total. The molecule has 0 unspecified atom stereocenters. The van der Waals surface area contributed by atoms with Crippen molar-refractivity contribution >= 4 is 40.1 Å². The number of aliphatic imine (C=N–C) groups is 1. The van der Waals surface area contributed by atoms with Crippen molar-refractivity contribution in [1.82, 2.24) is 9.66 Å². The number of aromatic nitrogens is 2. The van der Waals surface area contributed by atoms with E-state index in [0.29, 0.717) is 16.6 Å². The summed E-state index contributed by atoms with van der Waals surface area (Å²) < 4.78 is 1.04. The fourth-order valence-corrected chi connectivity index (χ4v) is 4.57. The Labute approximate surface area is 236 Å². The fourth-order valence-electron chi connectivity index (χ4n) is 4.57. The number of non-ortho nitro benzene ring substituents is 2. The quantitative estimate of drug-likeness (QED) is 0.164. The molecule has 5 aromatic rings. The number of amidine groups is 1. The SMILES string of the molecule is O=C1/C(=C/c2ccccc2)N=C(c2ccc([N+](=O)[O-])cc2)N1n1c(-c2cccc([N+](=O)[O-])c2)nc2ccccc2c1=O. The zero-order valence-corrected chi connectivity index (χ0v) is 21.5. The molecule has 12 heteroatoms. The summed E-state index contributed by atoms with van der Waals surface area (Å²) in [6.07, 6.45) is 1.56. The van der Waals surface area contributed by atoms with E-state index in [4.69, 9.17) is 0 Å². The summed E-state index contributed by atoms with van der Waals surface area (Å²) >= 11 is 0. The molecule has 0 spiro atoms. The van der Waals surface area contributed by atoms with Gasteiger partial charge >= 0.3 is 0 Å². The number of amides is 1. The van der Waals surface area contributed by atoms with Gasteiger partial charge in [0.05, 0.1) is 20.7 Å². The number of hydrogen-bond donors (Lipinski definition) is 0. The summed E-state index contributed by atoms with van der Waals surface area (Å²) in [6.45, 7) is 0. The molecule has 0 bridgehead atoms. The van der Waals surface area contributed by atoms with Crippen molar-refractivity contribution in [3.63, 3.8) is 0 Å². The van der Waals surface area contributed by atoms with Crippen molar-refractivity contribution in [3.05, 3.63) is 151 Å². The number of nitrogens with zero attached hydrogens (tertiary/aromatic N) is 6. The summed E-state index contributed by atoms with van der Waals surface area (Å²) in [5, 5.41) is 24.1. The van der Waals surface area contributed by atoms with E-state index in [1.165, 1.54) is 42.5 Å². The van der Waals surface area contributed by atoms with Crippen LogP contribution in [0.1, 0.15) is 11.1 Å². The summed E-state index contributed by atoms with van der Waals surface area (Å²) in [7, 11) is 0. The summed E-state index contributed by atoms with van der Waals surface area (Å²) in [5.41, 5.74) is 0.503. The van der Waals surface area contributed by atoms with Gasteiger partial charge in [0, 0.05) is 35.4 Å². The molecule has 12 nitrogen and oxygen atoms in total. The highest BCUT2D eigenvalue weighted by atomic mass is 16.6. The minimum absolute atomic E-state index is 0.000367. The molecule has 204 valence electrons. The van der Waals surface area contributed by atoms with Gasteiger partial charge in [-0.15, -0.1) is 0 Å². The highest BCUT2D eigenvalue weighted by molar-refractivity contribution is 6.29. The van der Waals surface area contributed by atoms with Crippen molar-refractivity contribution < 1.29 is 14.6 Å². The predicted octanol–water partition coefficient (Wildman–Crippen LogP) is 4.85. The maximum absolute atomic E-state index is 14.1. The third kappa shape index (κ3) is 4.58. The second-order valence-electron chi connectivity index (χ2n) is 9.17. The largest absolute Gasteiger partial charge is 0.297 e. The Bertz CT molecular complexity index is 2030. The Morgan fingerprint density at radius 3 is 2.12 bits per heavy atom. The molecule has 0 saturated carbocycles. The zero-order valence-electron chi connectivity index (χ0n) is 21.5. The van der Waals surface area contributed by atoms with Crippen molar-refractivity contribution in [1.29, 1.82) is 0 Å². The van der Waals surface area contributed by atoms with E-state index in [1.807, 2.05) is 6.07 Å². The lowest BCUT2D eigenvalue weighted by Gasteiger charge is -2.23. The standard InChI is InChI=1S/C30H18N6O6/c37-29-24-11-4-5-12-25(24)31-28(21-9-6-10-23(18-21)36(41)42)33(29)34-27(20-13-15-22(16-14-20)35(39)40)32-26(30(34)38)17-19-7-2-1-3-8-19/h1-18H/b26-17-. The van der Waals surface area contributed by atoms with E-state index >= 15 is 0 Å². The third-order valence-electron chi connectivity index (χ3n) is 6.55. The highest BCUT2D eigenvalue weighted by Gasteiger charge is 2.36. The molecule has 1 aromatic heterocycles. The number of nitro groups is 2. The number of fused-ring (bicyclic) bond motifs is 1. The van der Waals surface area contributed by atoms with Crippen molar-refractivity contribution in [2.24, 2.45) is 4.99 Å². The molecule has 6 rings (SSSR count). The summed E-state index contributed by atoms with van der Waals surface area (Å²) in [6, 6.07) is 26.5. The van der Waals surface area contributed by atoms with Crippen LogP contribution < -0.4 is 10.6 Å². The molecule has 0 saturated heterocycles. The lowest BCUT2D eigenvalue weighted by Crippen LogP contribution is -2.49. The molecule has 1 aliphatic rings. The second-order valence-corrected chi connectivity index (χ2v) is 9.17. The topological polar surface area (TPSA) is 154 Å². The van der Waals surface area contributed by atoms with E-state index in [0.717, 1.165) is 9.69 Å². The number of carbonyl (C=O) groups excluding carboxylic acids is 1. The average Bonchev–Trinajstić information content (AvgIpc) is 3.32. The Hall–Kier alpha value is -6.30. The van der Waals surface area contributed by atoms with Crippen LogP contribution in [0.2, 0.25) is 0 Å². The number of carbonyl (C=O) groups is 1. The maximum atomic E-state index is 14.1. The third-order valence-corrected chi connectivity index (χ3v) is 6.55. The van der Waals surface area contributed by atoms with Crippen LogP contribution in [0.5, 0.6) is 0 Å². The van der Waals surface area contributed by atoms with Gasteiger partial charge in [-0.1, -0.05) is 54.6 Å². The van der Waals surface area contributed by atoms with Crippen molar-refractivity contribution in [2.75, 3.05) is 5.01 Å². The first-order chi connectivity index (χ1) is 20.3. The molecule has 0 fully saturated rings. The Balaban J connectivity index is 1.63. The number of rotatable bonds is 6.